The van der Waals surface area contributed by atoms with Crippen molar-refractivity contribution in [3.05, 3.63) is 17.3 Å². The van der Waals surface area contributed by atoms with E-state index in [9.17, 15) is 4.79 Å². The van der Waals surface area contributed by atoms with Gasteiger partial charge < -0.3 is 10.2 Å². The lowest BCUT2D eigenvalue weighted by atomic mass is 10.3. The first kappa shape index (κ1) is 6.36. The normalized spacial score (nSPS) is 10.5. The number of nitrogens with two attached hydrogens (primary N) is 1. The molecule has 0 aliphatic carbocycles. The van der Waals surface area contributed by atoms with E-state index in [2.05, 4.69) is 4.98 Å². The van der Waals surface area contributed by atoms with Gasteiger partial charge in [0.05, 0.1) is 11.1 Å². The summed E-state index contributed by atoms with van der Waals surface area (Å²) in [7, 11) is 0. The van der Waals surface area contributed by atoms with Gasteiger partial charge in [-0.15, -0.1) is 11.3 Å². The molecule has 4 nitrogen and oxygen atoms in total. The molecule has 0 aliphatic heterocycles. The predicted molar refractivity (Wildman–Crippen MR) is 40.4 cm³/mol. The third-order valence-electron chi connectivity index (χ3n) is 1.33. The Labute approximate surface area is 65.6 Å². The lowest BCUT2D eigenvalue weighted by Crippen LogP contribution is -2.09. The highest BCUT2D eigenvalue weighted by atomic mass is 32.1. The Kier molecular flexibility index (Phi) is 1.19. The van der Waals surface area contributed by atoms with Gasteiger partial charge in [0, 0.05) is 0 Å². The molecule has 0 aromatic carbocycles. The van der Waals surface area contributed by atoms with Gasteiger partial charge in [0.2, 0.25) is 5.71 Å². The number of aromatic nitrogens is 1. The number of primary amides is 1. The average molecular weight is 168 g/mol. The van der Waals surface area contributed by atoms with Gasteiger partial charge >= 0.3 is 0 Å². The Bertz CT molecular complexity index is 403. The Morgan fingerprint density at radius 2 is 2.55 bits per heavy atom. The maximum atomic E-state index is 10.7. The maximum absolute atomic E-state index is 10.7. The smallest absolute Gasteiger partial charge is 0.253 e. The molecule has 2 aromatic heterocycles. The molecule has 5 heteroatoms. The highest BCUT2D eigenvalue weighted by Gasteiger charge is 2.11. The van der Waals surface area contributed by atoms with E-state index in [0.29, 0.717) is 11.3 Å². The average Bonchev–Trinajstić information content (AvgIpc) is 2.41. The number of hydrogen-bond donors (Lipinski definition) is 1. The van der Waals surface area contributed by atoms with Gasteiger partial charge in [-0.1, -0.05) is 0 Å². The van der Waals surface area contributed by atoms with Crippen LogP contribution in [0.3, 0.4) is 0 Å². The number of furan rings is 1. The third-order valence-corrected chi connectivity index (χ3v) is 2.17. The van der Waals surface area contributed by atoms with Crippen LogP contribution in [0.1, 0.15) is 10.4 Å². The molecule has 2 aromatic rings. The topological polar surface area (TPSA) is 69.1 Å². The van der Waals surface area contributed by atoms with E-state index in [1.165, 1.54) is 17.6 Å². The minimum atomic E-state index is -0.479. The fourth-order valence-corrected chi connectivity index (χ4v) is 1.57. The molecule has 0 bridgehead atoms. The summed E-state index contributed by atoms with van der Waals surface area (Å²) in [5.74, 6) is -0.479. The van der Waals surface area contributed by atoms with Crippen LogP contribution >= 0.6 is 11.3 Å². The lowest BCUT2D eigenvalue weighted by molar-refractivity contribution is 0.100. The molecule has 0 atom stereocenters. The molecule has 0 unspecified atom stereocenters. The van der Waals surface area contributed by atoms with Crippen molar-refractivity contribution in [3.8, 4) is 0 Å². The molecule has 0 aliphatic rings. The SMILES string of the molecule is NC(=O)c1coc2ncsc12. The fraction of sp³-hybridized carbons (Fsp3) is 0. The van der Waals surface area contributed by atoms with Gasteiger partial charge in [-0.2, -0.15) is 0 Å². The number of carbonyl (C=O) groups is 1. The first-order chi connectivity index (χ1) is 5.29. The van der Waals surface area contributed by atoms with E-state index in [-0.39, 0.29) is 0 Å². The van der Waals surface area contributed by atoms with Crippen molar-refractivity contribution in [1.29, 1.82) is 0 Å². The van der Waals surface area contributed by atoms with Gasteiger partial charge in [0.1, 0.15) is 11.0 Å². The van der Waals surface area contributed by atoms with Crippen LogP contribution in [0.5, 0.6) is 0 Å². The van der Waals surface area contributed by atoms with Crippen LogP contribution in [0.15, 0.2) is 16.2 Å². The van der Waals surface area contributed by atoms with Gasteiger partial charge in [-0.05, 0) is 0 Å². The number of thiazole rings is 1. The van der Waals surface area contributed by atoms with E-state index < -0.39 is 5.91 Å². The van der Waals surface area contributed by atoms with Crippen molar-refractivity contribution in [2.24, 2.45) is 5.73 Å². The molecular weight excluding hydrogens is 164 g/mol. The van der Waals surface area contributed by atoms with Crippen molar-refractivity contribution in [3.63, 3.8) is 0 Å². The molecule has 0 radical (unpaired) electrons. The zero-order valence-electron chi connectivity index (χ0n) is 5.40. The standard InChI is InChI=1S/C6H4N2O2S/c7-5(9)3-1-10-6-4(3)11-2-8-6/h1-2H,(H2,7,9). The zero-order valence-corrected chi connectivity index (χ0v) is 6.22. The summed E-state index contributed by atoms with van der Waals surface area (Å²) in [6, 6.07) is 0. The van der Waals surface area contributed by atoms with Crippen molar-refractivity contribution in [1.82, 2.24) is 4.98 Å². The molecule has 0 fully saturated rings. The summed E-state index contributed by atoms with van der Waals surface area (Å²) < 4.78 is 5.67. The summed E-state index contributed by atoms with van der Waals surface area (Å²) in [4.78, 5) is 14.6. The van der Waals surface area contributed by atoms with Gasteiger partial charge in [0.15, 0.2) is 0 Å². The molecule has 56 valence electrons. The van der Waals surface area contributed by atoms with Gasteiger partial charge in [0.25, 0.3) is 5.91 Å². The van der Waals surface area contributed by atoms with Gasteiger partial charge in [-0.25, -0.2) is 4.98 Å². The van der Waals surface area contributed by atoms with Crippen LogP contribution in [-0.2, 0) is 0 Å². The number of carbonyl (C=O) groups excluding carboxylic acids is 1. The summed E-state index contributed by atoms with van der Waals surface area (Å²) >= 11 is 1.34. The predicted octanol–water partition coefficient (Wildman–Crippen LogP) is 0.988. The van der Waals surface area contributed by atoms with Crippen molar-refractivity contribution in [2.45, 2.75) is 0 Å². The molecule has 2 N–H and O–H groups in total. The molecule has 1 amide bonds. The van der Waals surface area contributed by atoms with Gasteiger partial charge in [-0.3, -0.25) is 4.79 Å². The largest absolute Gasteiger partial charge is 0.445 e. The highest BCUT2D eigenvalue weighted by molar-refractivity contribution is 7.17. The van der Waals surface area contributed by atoms with Crippen molar-refractivity contribution < 1.29 is 9.21 Å². The minimum absolute atomic E-state index is 0.405. The second-order valence-electron chi connectivity index (χ2n) is 2.00. The van der Waals surface area contributed by atoms with E-state index in [1.54, 1.807) is 5.51 Å². The van der Waals surface area contributed by atoms with Crippen molar-refractivity contribution >= 4 is 27.7 Å². The summed E-state index contributed by atoms with van der Waals surface area (Å²) in [5, 5.41) is 0. The number of hydrogen-bond acceptors (Lipinski definition) is 4. The Morgan fingerprint density at radius 3 is 3.27 bits per heavy atom. The second-order valence-corrected chi connectivity index (χ2v) is 2.86. The first-order valence-corrected chi connectivity index (χ1v) is 3.77. The number of nitrogens with zero attached hydrogens (tertiary/aromatic N) is 1. The summed E-state index contributed by atoms with van der Waals surface area (Å²) in [6.07, 6.45) is 1.33. The summed E-state index contributed by atoms with van der Waals surface area (Å²) in [6.45, 7) is 0. The highest BCUT2D eigenvalue weighted by Crippen LogP contribution is 2.23. The second kappa shape index (κ2) is 2.06. The maximum Gasteiger partial charge on any atom is 0.253 e. The number of rotatable bonds is 1. The van der Waals surface area contributed by atoms with E-state index in [4.69, 9.17) is 10.2 Å². The molecule has 0 saturated carbocycles. The van der Waals surface area contributed by atoms with E-state index >= 15 is 0 Å². The molecule has 2 rings (SSSR count). The Balaban J connectivity index is 2.78. The Morgan fingerprint density at radius 1 is 1.73 bits per heavy atom. The third kappa shape index (κ3) is 0.813. The quantitative estimate of drug-likeness (QED) is 0.690. The summed E-state index contributed by atoms with van der Waals surface area (Å²) in [5.41, 5.74) is 7.56. The number of amides is 1. The van der Waals surface area contributed by atoms with Crippen LogP contribution in [0, 0.1) is 0 Å². The molecule has 0 saturated heterocycles. The van der Waals surface area contributed by atoms with Crippen molar-refractivity contribution in [2.75, 3.05) is 0 Å². The van der Waals surface area contributed by atoms with Crippen LogP contribution in [0.2, 0.25) is 0 Å². The van der Waals surface area contributed by atoms with Crippen LogP contribution in [0.4, 0.5) is 0 Å². The van der Waals surface area contributed by atoms with E-state index in [1.807, 2.05) is 0 Å². The Hall–Kier alpha value is -1.36. The fourth-order valence-electron chi connectivity index (χ4n) is 0.837. The molecular formula is C6H4N2O2S. The zero-order chi connectivity index (χ0) is 7.84. The molecule has 11 heavy (non-hydrogen) atoms. The molecule has 2 heterocycles. The number of fused-ring (bicyclic) bond motifs is 1. The van der Waals surface area contributed by atoms with Crippen LogP contribution < -0.4 is 5.73 Å². The first-order valence-electron chi connectivity index (χ1n) is 2.89. The minimum Gasteiger partial charge on any atom is -0.445 e. The molecule has 0 spiro atoms. The monoisotopic (exact) mass is 168 g/mol. The lowest BCUT2D eigenvalue weighted by Gasteiger charge is -1.82. The van der Waals surface area contributed by atoms with Crippen LogP contribution in [0.25, 0.3) is 10.4 Å². The van der Waals surface area contributed by atoms with E-state index in [0.717, 1.165) is 4.70 Å². The van der Waals surface area contributed by atoms with Crippen LogP contribution in [-0.4, -0.2) is 10.9 Å².